The fraction of sp³-hybridized carbons (Fsp3) is 0. The molecule has 19 heavy (non-hydrogen) atoms. The first-order valence-electron chi connectivity index (χ1n) is 5.00. The van der Waals surface area contributed by atoms with Crippen LogP contribution in [0.5, 0.6) is 11.6 Å². The zero-order valence-electron chi connectivity index (χ0n) is 9.34. The fourth-order valence-electron chi connectivity index (χ4n) is 1.33. The van der Waals surface area contributed by atoms with E-state index >= 15 is 0 Å². The van der Waals surface area contributed by atoms with Crippen LogP contribution < -0.4 is 10.5 Å². The molecule has 2 aromatic rings. The Hall–Kier alpha value is -2.77. The molecule has 0 saturated carbocycles. The number of nitrogen functional groups attached to an aromatic ring is 1. The SMILES string of the molecule is Nc1cc([N+](=O)[O-])cc(Oc2ccc(F)c(F)c2)n1. The van der Waals surface area contributed by atoms with Gasteiger partial charge in [0.25, 0.3) is 5.69 Å². The lowest BCUT2D eigenvalue weighted by Gasteiger charge is -2.05. The Morgan fingerprint density at radius 2 is 1.95 bits per heavy atom. The Morgan fingerprint density at radius 3 is 2.58 bits per heavy atom. The molecule has 2 rings (SSSR count). The lowest BCUT2D eigenvalue weighted by atomic mass is 10.3. The third kappa shape index (κ3) is 2.92. The van der Waals surface area contributed by atoms with Crippen LogP contribution in [0, 0.1) is 21.7 Å². The third-order valence-corrected chi connectivity index (χ3v) is 2.13. The highest BCUT2D eigenvalue weighted by molar-refractivity contribution is 5.46. The predicted molar refractivity (Wildman–Crippen MR) is 61.7 cm³/mol. The molecule has 1 heterocycles. The maximum atomic E-state index is 13.0. The number of benzene rings is 1. The van der Waals surface area contributed by atoms with E-state index in [0.29, 0.717) is 0 Å². The van der Waals surface area contributed by atoms with Crippen molar-refractivity contribution in [1.29, 1.82) is 0 Å². The molecule has 2 N–H and O–H groups in total. The van der Waals surface area contributed by atoms with E-state index in [4.69, 9.17) is 10.5 Å². The van der Waals surface area contributed by atoms with E-state index in [0.717, 1.165) is 30.3 Å². The zero-order chi connectivity index (χ0) is 14.0. The van der Waals surface area contributed by atoms with Gasteiger partial charge in [0.15, 0.2) is 11.6 Å². The first-order valence-corrected chi connectivity index (χ1v) is 5.00. The third-order valence-electron chi connectivity index (χ3n) is 2.13. The Balaban J connectivity index is 2.32. The van der Waals surface area contributed by atoms with Crippen LogP contribution in [0.1, 0.15) is 0 Å². The maximum Gasteiger partial charge on any atom is 0.278 e. The lowest BCUT2D eigenvalue weighted by Crippen LogP contribution is -1.97. The van der Waals surface area contributed by atoms with Gasteiger partial charge in [-0.15, -0.1) is 0 Å². The van der Waals surface area contributed by atoms with Crippen molar-refractivity contribution in [3.63, 3.8) is 0 Å². The second-order valence-electron chi connectivity index (χ2n) is 3.52. The first-order chi connectivity index (χ1) is 8.95. The van der Waals surface area contributed by atoms with Gasteiger partial charge in [-0.25, -0.2) is 8.78 Å². The van der Waals surface area contributed by atoms with Crippen molar-refractivity contribution >= 4 is 11.5 Å². The van der Waals surface area contributed by atoms with Crippen LogP contribution in [0.2, 0.25) is 0 Å². The summed E-state index contributed by atoms with van der Waals surface area (Å²) in [7, 11) is 0. The van der Waals surface area contributed by atoms with Crippen LogP contribution in [0.15, 0.2) is 30.3 Å². The Morgan fingerprint density at radius 1 is 1.21 bits per heavy atom. The number of hydrogen-bond acceptors (Lipinski definition) is 5. The number of halogens is 2. The van der Waals surface area contributed by atoms with Crippen molar-refractivity contribution in [2.24, 2.45) is 0 Å². The van der Waals surface area contributed by atoms with Crippen molar-refractivity contribution in [3.8, 4) is 11.6 Å². The van der Waals surface area contributed by atoms with Gasteiger partial charge in [0.05, 0.1) is 17.1 Å². The molecule has 1 aromatic carbocycles. The van der Waals surface area contributed by atoms with Gasteiger partial charge in [-0.3, -0.25) is 10.1 Å². The monoisotopic (exact) mass is 267 g/mol. The molecule has 0 aliphatic heterocycles. The van der Waals surface area contributed by atoms with Crippen molar-refractivity contribution < 1.29 is 18.4 Å². The van der Waals surface area contributed by atoms with Crippen LogP contribution in [0.25, 0.3) is 0 Å². The molecule has 8 heteroatoms. The standard InChI is InChI=1S/C11H7F2N3O3/c12-8-2-1-7(5-9(8)13)19-11-4-6(16(17)18)3-10(14)15-11/h1-5H,(H2,14,15). The number of nitro groups is 1. The summed E-state index contributed by atoms with van der Waals surface area (Å²) in [5.74, 6) is -2.48. The van der Waals surface area contributed by atoms with Crippen LogP contribution in [-0.2, 0) is 0 Å². The van der Waals surface area contributed by atoms with Gasteiger partial charge in [0.1, 0.15) is 11.6 Å². The van der Waals surface area contributed by atoms with Crippen LogP contribution >= 0.6 is 0 Å². The highest BCUT2D eigenvalue weighted by Crippen LogP contribution is 2.26. The minimum Gasteiger partial charge on any atom is -0.439 e. The van der Waals surface area contributed by atoms with Crippen LogP contribution in [-0.4, -0.2) is 9.91 Å². The molecule has 1 aromatic heterocycles. The minimum atomic E-state index is -1.10. The molecular weight excluding hydrogens is 260 g/mol. The highest BCUT2D eigenvalue weighted by Gasteiger charge is 2.12. The molecular formula is C11H7F2N3O3. The molecule has 0 aliphatic rings. The van der Waals surface area contributed by atoms with Crippen molar-refractivity contribution in [1.82, 2.24) is 4.98 Å². The topological polar surface area (TPSA) is 91.3 Å². The van der Waals surface area contributed by atoms with E-state index in [2.05, 4.69) is 4.98 Å². The number of ether oxygens (including phenoxy) is 1. The molecule has 0 radical (unpaired) electrons. The largest absolute Gasteiger partial charge is 0.439 e. The average Bonchev–Trinajstić information content (AvgIpc) is 2.33. The minimum absolute atomic E-state index is 0.0497. The van der Waals surface area contributed by atoms with Gasteiger partial charge in [0.2, 0.25) is 5.88 Å². The van der Waals surface area contributed by atoms with Crippen LogP contribution in [0.3, 0.4) is 0 Å². The number of anilines is 1. The molecule has 0 spiro atoms. The summed E-state index contributed by atoms with van der Waals surface area (Å²) in [6, 6.07) is 4.91. The maximum absolute atomic E-state index is 13.0. The van der Waals surface area contributed by atoms with E-state index in [9.17, 15) is 18.9 Å². The van der Waals surface area contributed by atoms with E-state index in [-0.39, 0.29) is 23.1 Å². The number of aromatic nitrogens is 1. The number of hydrogen-bond donors (Lipinski definition) is 1. The summed E-state index contributed by atoms with van der Waals surface area (Å²) in [6.45, 7) is 0. The number of pyridine rings is 1. The molecule has 6 nitrogen and oxygen atoms in total. The molecule has 0 fully saturated rings. The highest BCUT2D eigenvalue weighted by atomic mass is 19.2. The van der Waals surface area contributed by atoms with E-state index in [1.54, 1.807) is 0 Å². The second kappa shape index (κ2) is 4.84. The lowest BCUT2D eigenvalue weighted by molar-refractivity contribution is -0.384. The quantitative estimate of drug-likeness (QED) is 0.681. The van der Waals surface area contributed by atoms with Gasteiger partial charge in [-0.1, -0.05) is 0 Å². The molecule has 0 amide bonds. The molecule has 0 atom stereocenters. The van der Waals surface area contributed by atoms with Crippen molar-refractivity contribution in [2.75, 3.05) is 5.73 Å². The second-order valence-corrected chi connectivity index (χ2v) is 3.52. The number of nitrogens with two attached hydrogens (primary N) is 1. The van der Waals surface area contributed by atoms with Gasteiger partial charge in [-0.2, -0.15) is 4.98 Å². The fourth-order valence-corrected chi connectivity index (χ4v) is 1.33. The molecule has 0 saturated heterocycles. The zero-order valence-corrected chi connectivity index (χ0v) is 9.34. The molecule has 0 aliphatic carbocycles. The van der Waals surface area contributed by atoms with Crippen LogP contribution in [0.4, 0.5) is 20.3 Å². The van der Waals surface area contributed by atoms with Gasteiger partial charge < -0.3 is 10.5 Å². The summed E-state index contributed by atoms with van der Waals surface area (Å²) in [6.07, 6.45) is 0. The summed E-state index contributed by atoms with van der Waals surface area (Å²) >= 11 is 0. The van der Waals surface area contributed by atoms with E-state index in [1.165, 1.54) is 0 Å². The predicted octanol–water partition coefficient (Wildman–Crippen LogP) is 2.64. The Bertz CT molecular complexity index is 649. The number of rotatable bonds is 3. The number of nitrogens with zero attached hydrogens (tertiary/aromatic N) is 2. The molecule has 0 unspecified atom stereocenters. The van der Waals surface area contributed by atoms with Gasteiger partial charge >= 0.3 is 0 Å². The Kier molecular flexibility index (Phi) is 3.23. The summed E-state index contributed by atoms with van der Waals surface area (Å²) in [4.78, 5) is 13.6. The molecule has 98 valence electrons. The smallest absolute Gasteiger partial charge is 0.278 e. The average molecular weight is 267 g/mol. The Labute approximate surface area is 105 Å². The summed E-state index contributed by atoms with van der Waals surface area (Å²) in [5, 5.41) is 10.6. The molecule has 0 bridgehead atoms. The van der Waals surface area contributed by atoms with Crippen molar-refractivity contribution in [2.45, 2.75) is 0 Å². The van der Waals surface area contributed by atoms with E-state index < -0.39 is 16.6 Å². The summed E-state index contributed by atoms with van der Waals surface area (Å²) in [5.41, 5.74) is 5.06. The van der Waals surface area contributed by atoms with Gasteiger partial charge in [0, 0.05) is 6.07 Å². The normalized spacial score (nSPS) is 10.2. The summed E-state index contributed by atoms with van der Waals surface area (Å²) < 4.78 is 30.8. The van der Waals surface area contributed by atoms with Crippen molar-refractivity contribution in [3.05, 3.63) is 52.1 Å². The first kappa shape index (κ1) is 12.7. The van der Waals surface area contributed by atoms with E-state index in [1.807, 2.05) is 0 Å². The van der Waals surface area contributed by atoms with Gasteiger partial charge in [-0.05, 0) is 12.1 Å².